The first-order valence-corrected chi connectivity index (χ1v) is 6.15. The molecule has 0 aliphatic rings. The van der Waals surface area contributed by atoms with Gasteiger partial charge in [0.2, 0.25) is 0 Å². The van der Waals surface area contributed by atoms with Gasteiger partial charge in [-0.05, 0) is 0 Å². The van der Waals surface area contributed by atoms with E-state index in [9.17, 15) is 0 Å². The van der Waals surface area contributed by atoms with Crippen molar-refractivity contribution in [3.63, 3.8) is 0 Å². The van der Waals surface area contributed by atoms with Crippen LogP contribution >= 0.6 is 0 Å². The molecule has 0 atom stereocenters. The molecular formula is C11H29N4Nb-3. The van der Waals surface area contributed by atoms with Crippen molar-refractivity contribution in [1.29, 1.82) is 0 Å². The fraction of sp³-hybridized carbons (Fsp3) is 1.00. The predicted molar refractivity (Wildman–Crippen MR) is 72.4 cm³/mol. The second-order valence-corrected chi connectivity index (χ2v) is 4.10. The number of rotatable bonds is 2. The van der Waals surface area contributed by atoms with Crippen LogP contribution in [0.3, 0.4) is 0 Å². The Hall–Kier alpha value is 0.420. The molecule has 0 aromatic carbocycles. The number of nitrogens with zero attached hydrogens (tertiary/aromatic N) is 4. The van der Waals surface area contributed by atoms with Crippen LogP contribution in [0.4, 0.5) is 0 Å². The first-order chi connectivity index (χ1) is 7.36. The van der Waals surface area contributed by atoms with E-state index in [1.54, 1.807) is 63.2 Å². The monoisotopic (exact) mass is 310 g/mol. The summed E-state index contributed by atoms with van der Waals surface area (Å²) in [4.78, 5) is 0. The summed E-state index contributed by atoms with van der Waals surface area (Å²) in [7, 11) is 10.5. The van der Waals surface area contributed by atoms with Crippen molar-refractivity contribution in [2.45, 2.75) is 32.7 Å². The minimum Gasteiger partial charge on any atom is -0.668 e. The van der Waals surface area contributed by atoms with Crippen LogP contribution in [0.2, 0.25) is 0 Å². The van der Waals surface area contributed by atoms with Gasteiger partial charge in [-0.25, -0.2) is 0 Å². The minimum absolute atomic E-state index is 0.231. The van der Waals surface area contributed by atoms with Crippen LogP contribution in [-0.2, 0) is 20.9 Å². The van der Waals surface area contributed by atoms with Crippen molar-refractivity contribution < 1.29 is 20.9 Å². The molecule has 0 saturated carbocycles. The topological polar surface area (TPSA) is 54.7 Å². The fourth-order valence-corrected chi connectivity index (χ4v) is 0.418. The summed E-state index contributed by atoms with van der Waals surface area (Å²) in [6.07, 6.45) is 1.14. The summed E-state index contributed by atoms with van der Waals surface area (Å²) in [5.41, 5.74) is 0.231. The molecule has 16 heavy (non-hydrogen) atoms. The van der Waals surface area contributed by atoms with Gasteiger partial charge in [0.05, 0.1) is 0 Å². The van der Waals surface area contributed by atoms with Gasteiger partial charge in [0.25, 0.3) is 0 Å². The molecule has 0 N–H and O–H groups in total. The van der Waals surface area contributed by atoms with Crippen LogP contribution in [0.25, 0.3) is 16.0 Å². The van der Waals surface area contributed by atoms with Crippen LogP contribution in [0, 0.1) is 0 Å². The van der Waals surface area contributed by atoms with Crippen LogP contribution in [-0.4, -0.2) is 47.8 Å². The van der Waals surface area contributed by atoms with Crippen LogP contribution in [0.15, 0.2) is 3.34 Å². The normalized spacial score (nSPS) is 8.25. The Balaban J connectivity index is -0.0000000677. The molecule has 0 aromatic rings. The van der Waals surface area contributed by atoms with E-state index in [-0.39, 0.29) is 5.54 Å². The van der Waals surface area contributed by atoms with Crippen LogP contribution < -0.4 is 0 Å². The first-order valence-electron chi connectivity index (χ1n) is 5.17. The summed E-state index contributed by atoms with van der Waals surface area (Å²) in [6.45, 7) is 6.44. The van der Waals surface area contributed by atoms with Gasteiger partial charge < -0.3 is 16.0 Å². The molecule has 0 spiro atoms. The van der Waals surface area contributed by atoms with Crippen molar-refractivity contribution in [1.82, 2.24) is 0 Å². The molecule has 101 valence electrons. The Morgan fingerprint density at radius 3 is 1.06 bits per heavy atom. The first kappa shape index (κ1) is 25.3. The molecular weight excluding hydrogens is 281 g/mol. The third kappa shape index (κ3) is 63.0. The predicted octanol–water partition coefficient (Wildman–Crippen LogP) is 3.76. The zero-order valence-electron chi connectivity index (χ0n) is 12.4. The van der Waals surface area contributed by atoms with E-state index in [0.717, 1.165) is 6.42 Å². The quantitative estimate of drug-likeness (QED) is 0.697. The third-order valence-electron chi connectivity index (χ3n) is 1.14. The van der Waals surface area contributed by atoms with Gasteiger partial charge in [0.15, 0.2) is 0 Å². The molecule has 0 fully saturated rings. The van der Waals surface area contributed by atoms with Gasteiger partial charge >= 0.3 is 57.0 Å². The van der Waals surface area contributed by atoms with Crippen molar-refractivity contribution in [3.05, 3.63) is 16.0 Å². The summed E-state index contributed by atoms with van der Waals surface area (Å²) < 4.78 is 4.19. The molecule has 5 heteroatoms. The second-order valence-electron chi connectivity index (χ2n) is 3.61. The summed E-state index contributed by atoms with van der Waals surface area (Å²) in [6, 6.07) is 0. The zero-order valence-corrected chi connectivity index (χ0v) is 14.6. The van der Waals surface area contributed by atoms with Gasteiger partial charge in [0, 0.05) is 0 Å². The maximum Gasteiger partial charge on any atom is -0.162 e. The van der Waals surface area contributed by atoms with E-state index in [1.165, 1.54) is 0 Å². The van der Waals surface area contributed by atoms with Crippen molar-refractivity contribution >= 4 is 0 Å². The molecule has 0 heterocycles. The van der Waals surface area contributed by atoms with E-state index >= 15 is 0 Å². The Morgan fingerprint density at radius 1 is 0.875 bits per heavy atom. The maximum absolute atomic E-state index is 4.19. The summed E-state index contributed by atoms with van der Waals surface area (Å²) in [5, 5.41) is 10.5. The molecule has 0 aliphatic carbocycles. The average Bonchev–Trinajstić information content (AvgIpc) is 2.21. The number of hydrogen-bond acceptors (Lipinski definition) is 1. The second kappa shape index (κ2) is 24.6. The van der Waals surface area contributed by atoms with Gasteiger partial charge in [-0.2, -0.15) is 42.3 Å². The Labute approximate surface area is 115 Å². The smallest absolute Gasteiger partial charge is 0.162 e. The molecule has 0 bridgehead atoms. The van der Waals surface area contributed by atoms with Crippen LogP contribution in [0.5, 0.6) is 0 Å². The molecule has 4 nitrogen and oxygen atoms in total. The van der Waals surface area contributed by atoms with Gasteiger partial charge in [-0.3, -0.25) is 0 Å². The van der Waals surface area contributed by atoms with E-state index in [1.807, 2.05) is 0 Å². The molecule has 0 saturated heterocycles. The van der Waals surface area contributed by atoms with E-state index < -0.39 is 0 Å². The standard InChI is InChI=1S/C5H11N.3C2H6N.Nb/c1-4-5(2,3)6;3*1-3-2;/h4H2,1-3H3;3*1-2H3;/q;3*-1;. The SMILES string of the molecule is CCC(C)(C)[N]=[Nb].C[N-]C.C[N-]C.C[N-]C. The minimum atomic E-state index is 0.231. The molecule has 0 unspecified atom stereocenters. The Morgan fingerprint density at radius 2 is 1.06 bits per heavy atom. The van der Waals surface area contributed by atoms with Gasteiger partial charge in [0.1, 0.15) is 0 Å². The fourth-order valence-electron chi connectivity index (χ4n) is 0.0707. The zero-order chi connectivity index (χ0) is 14.0. The Kier molecular flexibility index (Phi) is 38.9. The maximum atomic E-state index is 4.19. The number of hydrogen-bond donors (Lipinski definition) is 0. The average molecular weight is 310 g/mol. The van der Waals surface area contributed by atoms with Crippen molar-refractivity contribution in [2.24, 2.45) is 3.34 Å². The third-order valence-corrected chi connectivity index (χ3v) is 2.47. The van der Waals surface area contributed by atoms with Crippen molar-refractivity contribution in [3.8, 4) is 0 Å². The van der Waals surface area contributed by atoms with Crippen molar-refractivity contribution in [2.75, 3.05) is 42.3 Å². The van der Waals surface area contributed by atoms with Crippen LogP contribution in [0.1, 0.15) is 27.2 Å². The molecule has 0 radical (unpaired) electrons. The van der Waals surface area contributed by atoms with E-state index in [2.05, 4.69) is 40.1 Å². The summed E-state index contributed by atoms with van der Waals surface area (Å²) >= 11 is 1.55. The molecule has 0 amide bonds. The van der Waals surface area contributed by atoms with E-state index in [0.29, 0.717) is 0 Å². The Bertz CT molecular complexity index is 103. The molecule has 0 aromatic heterocycles. The molecule has 0 rings (SSSR count). The van der Waals surface area contributed by atoms with E-state index in [4.69, 9.17) is 0 Å². The summed E-state index contributed by atoms with van der Waals surface area (Å²) in [5.74, 6) is 0. The van der Waals surface area contributed by atoms with Gasteiger partial charge in [-0.1, -0.05) is 0 Å². The largest absolute Gasteiger partial charge is 0.668 e. The molecule has 0 aliphatic heterocycles. The van der Waals surface area contributed by atoms with Gasteiger partial charge in [-0.15, -0.1) is 0 Å².